The molecule has 1 fully saturated rings. The second-order valence-corrected chi connectivity index (χ2v) is 8.65. The van der Waals surface area contributed by atoms with Crippen LogP contribution in [-0.4, -0.2) is 46.9 Å². The van der Waals surface area contributed by atoms with Gasteiger partial charge in [-0.1, -0.05) is 27.7 Å². The van der Waals surface area contributed by atoms with E-state index in [-0.39, 0.29) is 11.8 Å². The zero-order valence-electron chi connectivity index (χ0n) is 15.1. The number of carbonyl (C=O) groups excluding carboxylic acids is 1. The third-order valence-electron chi connectivity index (χ3n) is 4.42. The maximum atomic E-state index is 12.1. The van der Waals surface area contributed by atoms with E-state index in [9.17, 15) is 9.90 Å². The second-order valence-electron chi connectivity index (χ2n) is 6.64. The number of aromatic nitrogens is 2. The molecule has 0 unspecified atom stereocenters. The molecular weight excluding hydrogens is 428 g/mol. The van der Waals surface area contributed by atoms with Gasteiger partial charge in [0.15, 0.2) is 5.82 Å². The number of nitrogens with one attached hydrogen (secondary N) is 1. The molecule has 1 aromatic carbocycles. The quantitative estimate of drug-likeness (QED) is 0.703. The number of benzene rings is 1. The number of rotatable bonds is 6. The van der Waals surface area contributed by atoms with Gasteiger partial charge in [0, 0.05) is 34.9 Å². The molecule has 1 aliphatic heterocycles. The molecule has 0 spiro atoms. The van der Waals surface area contributed by atoms with Gasteiger partial charge in [0.2, 0.25) is 5.91 Å². The second kappa shape index (κ2) is 9.52. The molecule has 27 heavy (non-hydrogen) atoms. The van der Waals surface area contributed by atoms with Gasteiger partial charge in [-0.05, 0) is 56.2 Å². The zero-order chi connectivity index (χ0) is 19.2. The molecule has 1 atom stereocenters. The van der Waals surface area contributed by atoms with Crippen molar-refractivity contribution in [1.82, 2.24) is 15.5 Å². The van der Waals surface area contributed by atoms with E-state index in [2.05, 4.69) is 36.3 Å². The van der Waals surface area contributed by atoms with E-state index < -0.39 is 6.10 Å². The van der Waals surface area contributed by atoms with Crippen molar-refractivity contribution in [3.05, 3.63) is 40.9 Å². The number of aliphatic hydroxyl groups is 1. The van der Waals surface area contributed by atoms with E-state index in [0.29, 0.717) is 6.54 Å². The highest BCUT2D eigenvalue weighted by molar-refractivity contribution is 9.10. The molecule has 1 aliphatic rings. The molecule has 0 radical (unpaired) electrons. The number of carbonyl (C=O) groups is 1. The van der Waals surface area contributed by atoms with Crippen molar-refractivity contribution in [3.8, 4) is 0 Å². The fourth-order valence-corrected chi connectivity index (χ4v) is 3.92. The monoisotopic (exact) mass is 450 g/mol. The van der Waals surface area contributed by atoms with Gasteiger partial charge in [0.1, 0.15) is 5.03 Å². The average molecular weight is 451 g/mol. The minimum Gasteiger partial charge on any atom is -0.392 e. The molecule has 1 aromatic heterocycles. The Labute approximate surface area is 171 Å². The molecule has 2 N–H and O–H groups in total. The van der Waals surface area contributed by atoms with Crippen molar-refractivity contribution < 1.29 is 9.90 Å². The summed E-state index contributed by atoms with van der Waals surface area (Å²) in [7, 11) is 0. The Kier molecular flexibility index (Phi) is 7.09. The number of halogens is 1. The molecule has 1 amide bonds. The number of hydrogen-bond acceptors (Lipinski definition) is 6. The highest BCUT2D eigenvalue weighted by Crippen LogP contribution is 2.28. The molecule has 2 aromatic rings. The summed E-state index contributed by atoms with van der Waals surface area (Å²) in [4.78, 5) is 15.4. The maximum absolute atomic E-state index is 12.1. The molecule has 3 rings (SSSR count). The predicted octanol–water partition coefficient (Wildman–Crippen LogP) is 3.10. The van der Waals surface area contributed by atoms with Gasteiger partial charge in [0.25, 0.3) is 0 Å². The number of nitrogens with zero attached hydrogens (tertiary/aromatic N) is 3. The van der Waals surface area contributed by atoms with E-state index in [1.807, 2.05) is 36.4 Å². The van der Waals surface area contributed by atoms with Crippen molar-refractivity contribution >= 4 is 39.4 Å². The number of anilines is 1. The number of aliphatic hydroxyl groups excluding tert-OH is 1. The van der Waals surface area contributed by atoms with Gasteiger partial charge >= 0.3 is 0 Å². The lowest BCUT2D eigenvalue weighted by Gasteiger charge is -2.31. The Hall–Kier alpha value is -1.64. The van der Waals surface area contributed by atoms with Gasteiger partial charge in [0.05, 0.1) is 6.10 Å². The lowest BCUT2D eigenvalue weighted by Crippen LogP contribution is -2.42. The van der Waals surface area contributed by atoms with Crippen molar-refractivity contribution in [1.29, 1.82) is 0 Å². The average Bonchev–Trinajstić information content (AvgIpc) is 2.68. The van der Waals surface area contributed by atoms with Gasteiger partial charge < -0.3 is 15.3 Å². The van der Waals surface area contributed by atoms with Crippen LogP contribution in [0.15, 0.2) is 50.8 Å². The van der Waals surface area contributed by atoms with Crippen LogP contribution in [0.4, 0.5) is 5.82 Å². The lowest BCUT2D eigenvalue weighted by atomic mass is 9.96. The first-order chi connectivity index (χ1) is 13.0. The third kappa shape index (κ3) is 5.92. The molecule has 1 saturated heterocycles. The Bertz CT molecular complexity index is 747. The largest absolute Gasteiger partial charge is 0.392 e. The van der Waals surface area contributed by atoms with Crippen LogP contribution in [-0.2, 0) is 4.79 Å². The summed E-state index contributed by atoms with van der Waals surface area (Å²) in [5.74, 6) is 0.876. The van der Waals surface area contributed by atoms with Crippen LogP contribution in [0.25, 0.3) is 0 Å². The van der Waals surface area contributed by atoms with Gasteiger partial charge in [-0.3, -0.25) is 4.79 Å². The topological polar surface area (TPSA) is 78.4 Å². The maximum Gasteiger partial charge on any atom is 0.223 e. The molecule has 0 aliphatic carbocycles. The minimum atomic E-state index is -0.516. The standard InChI is InChI=1S/C19H23BrN4O2S/c1-13(25)12-21-19(26)14-8-10-24(11-9-14)17-6-7-18(23-22-17)27-16-4-2-15(20)3-5-16/h2-7,13-14,25H,8-12H2,1H3,(H,21,26)/t13-/m1/s1. The van der Waals surface area contributed by atoms with E-state index in [4.69, 9.17) is 0 Å². The number of hydrogen-bond donors (Lipinski definition) is 2. The van der Waals surface area contributed by atoms with Gasteiger partial charge in [-0.2, -0.15) is 0 Å². The van der Waals surface area contributed by atoms with Crippen LogP contribution in [0.2, 0.25) is 0 Å². The van der Waals surface area contributed by atoms with Crippen LogP contribution in [0.3, 0.4) is 0 Å². The van der Waals surface area contributed by atoms with Crippen LogP contribution in [0, 0.1) is 5.92 Å². The summed E-state index contributed by atoms with van der Waals surface area (Å²) in [5, 5.41) is 21.6. The summed E-state index contributed by atoms with van der Waals surface area (Å²) >= 11 is 5.01. The zero-order valence-corrected chi connectivity index (χ0v) is 17.5. The molecule has 144 valence electrons. The fraction of sp³-hybridized carbons (Fsp3) is 0.421. The smallest absolute Gasteiger partial charge is 0.223 e. The Morgan fingerprint density at radius 2 is 1.96 bits per heavy atom. The third-order valence-corrected chi connectivity index (χ3v) is 5.89. The molecule has 0 bridgehead atoms. The van der Waals surface area contributed by atoms with E-state index in [1.54, 1.807) is 18.7 Å². The highest BCUT2D eigenvalue weighted by atomic mass is 79.9. The minimum absolute atomic E-state index is 0.000178. The first-order valence-corrected chi connectivity index (χ1v) is 10.6. The van der Waals surface area contributed by atoms with Crippen molar-refractivity contribution in [2.75, 3.05) is 24.5 Å². The highest BCUT2D eigenvalue weighted by Gasteiger charge is 2.25. The summed E-state index contributed by atoms with van der Waals surface area (Å²) in [5.41, 5.74) is 0. The van der Waals surface area contributed by atoms with E-state index in [0.717, 1.165) is 46.1 Å². The van der Waals surface area contributed by atoms with Crippen molar-refractivity contribution in [2.24, 2.45) is 5.92 Å². The molecule has 6 nitrogen and oxygen atoms in total. The summed E-state index contributed by atoms with van der Waals surface area (Å²) in [6, 6.07) is 12.1. The fourth-order valence-electron chi connectivity index (χ4n) is 2.92. The van der Waals surface area contributed by atoms with Crippen LogP contribution >= 0.6 is 27.7 Å². The predicted molar refractivity (Wildman–Crippen MR) is 110 cm³/mol. The van der Waals surface area contributed by atoms with E-state index >= 15 is 0 Å². The SMILES string of the molecule is C[C@@H](O)CNC(=O)C1CCN(c2ccc(Sc3ccc(Br)cc3)nn2)CC1. The molecule has 2 heterocycles. The number of piperidine rings is 1. The van der Waals surface area contributed by atoms with Gasteiger partial charge in [-0.15, -0.1) is 10.2 Å². The first kappa shape index (κ1) is 20.1. The Morgan fingerprint density at radius 3 is 2.56 bits per heavy atom. The Balaban J connectivity index is 1.51. The molecule has 8 heteroatoms. The van der Waals surface area contributed by atoms with Crippen molar-refractivity contribution in [3.63, 3.8) is 0 Å². The van der Waals surface area contributed by atoms with Crippen molar-refractivity contribution in [2.45, 2.75) is 35.8 Å². The molecule has 0 saturated carbocycles. The van der Waals surface area contributed by atoms with E-state index in [1.165, 1.54) is 0 Å². The summed E-state index contributed by atoms with van der Waals surface area (Å²) in [6.45, 7) is 3.53. The number of amides is 1. The van der Waals surface area contributed by atoms with Gasteiger partial charge in [-0.25, -0.2) is 0 Å². The lowest BCUT2D eigenvalue weighted by molar-refractivity contribution is -0.126. The normalized spacial score (nSPS) is 16.2. The molecular formula is C19H23BrN4O2S. The first-order valence-electron chi connectivity index (χ1n) is 8.99. The van der Waals surface area contributed by atoms with Crippen LogP contribution < -0.4 is 10.2 Å². The Morgan fingerprint density at radius 1 is 1.26 bits per heavy atom. The summed E-state index contributed by atoms with van der Waals surface area (Å²) in [6.07, 6.45) is 1.05. The van der Waals surface area contributed by atoms with Crippen LogP contribution in [0.1, 0.15) is 19.8 Å². The summed E-state index contributed by atoms with van der Waals surface area (Å²) < 4.78 is 1.05. The van der Waals surface area contributed by atoms with Crippen LogP contribution in [0.5, 0.6) is 0 Å².